The van der Waals surface area contributed by atoms with Gasteiger partial charge in [0.05, 0.1) is 30.1 Å². The van der Waals surface area contributed by atoms with E-state index >= 15 is 0 Å². The van der Waals surface area contributed by atoms with Crippen LogP contribution >= 0.6 is 11.6 Å². The van der Waals surface area contributed by atoms with Crippen molar-refractivity contribution >= 4 is 34.2 Å². The van der Waals surface area contributed by atoms with Crippen LogP contribution in [-0.4, -0.2) is 25.1 Å². The number of hydrogen-bond donors (Lipinski definition) is 0. The normalized spacial score (nSPS) is 10.7. The number of nitro benzene ring substituents is 1. The first-order chi connectivity index (χ1) is 16.7. The Morgan fingerprint density at radius 3 is 2.46 bits per heavy atom. The number of aryl methyl sites for hydroxylation is 1. The fourth-order valence-electron chi connectivity index (χ4n) is 3.46. The number of nitro groups is 1. The average Bonchev–Trinajstić information content (AvgIpc) is 2.86. The molecule has 0 unspecified atom stereocenters. The second-order valence-electron chi connectivity index (χ2n) is 7.45. The molecule has 0 amide bonds. The van der Waals surface area contributed by atoms with E-state index in [-0.39, 0.29) is 28.0 Å². The highest BCUT2D eigenvalue weighted by Crippen LogP contribution is 2.37. The van der Waals surface area contributed by atoms with Gasteiger partial charge in [0.1, 0.15) is 5.58 Å². The zero-order valence-corrected chi connectivity index (χ0v) is 19.5. The molecule has 0 aliphatic heterocycles. The molecular formula is C25H18ClNO8. The Labute approximate surface area is 203 Å². The Morgan fingerprint density at radius 1 is 1.03 bits per heavy atom. The SMILES string of the molecule is COc1ccc(-c2oc3cc(C)c(Cl)cc3c(=O)c2OC(=O)c2cccc([N+](=O)[O-])c2)cc1OC. The first kappa shape index (κ1) is 23.8. The lowest BCUT2D eigenvalue weighted by atomic mass is 10.1. The standard InChI is InChI=1S/C25H18ClNO8/c1-13-9-20-17(12-18(13)26)22(28)24(35-25(29)15-5-4-6-16(10-15)27(30)31)23(34-20)14-7-8-19(32-2)21(11-14)33-3/h4-12H,1-3H3. The molecule has 0 spiro atoms. The number of ether oxygens (including phenoxy) is 3. The van der Waals surface area contributed by atoms with E-state index in [1.165, 1.54) is 38.5 Å². The Hall–Kier alpha value is -4.37. The molecule has 1 heterocycles. The molecule has 0 saturated heterocycles. The van der Waals surface area contributed by atoms with Crippen LogP contribution in [0.25, 0.3) is 22.3 Å². The minimum atomic E-state index is -0.972. The average molecular weight is 496 g/mol. The zero-order valence-electron chi connectivity index (χ0n) is 18.8. The van der Waals surface area contributed by atoms with E-state index in [9.17, 15) is 19.7 Å². The second kappa shape index (κ2) is 9.47. The molecule has 35 heavy (non-hydrogen) atoms. The van der Waals surface area contributed by atoms with Crippen LogP contribution in [0.15, 0.2) is 63.8 Å². The Kier molecular flexibility index (Phi) is 6.44. The summed E-state index contributed by atoms with van der Waals surface area (Å²) >= 11 is 6.21. The van der Waals surface area contributed by atoms with E-state index in [2.05, 4.69) is 0 Å². The number of fused-ring (bicyclic) bond motifs is 1. The molecule has 0 aliphatic rings. The lowest BCUT2D eigenvalue weighted by molar-refractivity contribution is -0.384. The molecule has 178 valence electrons. The summed E-state index contributed by atoms with van der Waals surface area (Å²) in [5.41, 5.74) is 0.234. The molecule has 0 N–H and O–H groups in total. The quantitative estimate of drug-likeness (QED) is 0.193. The second-order valence-corrected chi connectivity index (χ2v) is 7.86. The summed E-state index contributed by atoms with van der Waals surface area (Å²) in [7, 11) is 2.93. The van der Waals surface area contributed by atoms with E-state index in [1.807, 2.05) is 0 Å². The molecule has 0 radical (unpaired) electrons. The maximum absolute atomic E-state index is 13.4. The lowest BCUT2D eigenvalue weighted by Crippen LogP contribution is -2.16. The third kappa shape index (κ3) is 4.53. The first-order valence-electron chi connectivity index (χ1n) is 10.2. The number of carbonyl (C=O) groups excluding carboxylic acids is 1. The topological polar surface area (TPSA) is 118 Å². The first-order valence-corrected chi connectivity index (χ1v) is 10.6. The van der Waals surface area contributed by atoms with Gasteiger partial charge in [0.2, 0.25) is 11.2 Å². The highest BCUT2D eigenvalue weighted by atomic mass is 35.5. The smallest absolute Gasteiger partial charge is 0.344 e. The summed E-state index contributed by atoms with van der Waals surface area (Å²) in [6.45, 7) is 1.76. The van der Waals surface area contributed by atoms with Crippen molar-refractivity contribution in [2.24, 2.45) is 0 Å². The highest BCUT2D eigenvalue weighted by Gasteiger charge is 2.24. The minimum Gasteiger partial charge on any atom is -0.493 e. The van der Waals surface area contributed by atoms with Gasteiger partial charge in [-0.25, -0.2) is 4.79 Å². The van der Waals surface area contributed by atoms with Gasteiger partial charge in [-0.05, 0) is 48.9 Å². The largest absolute Gasteiger partial charge is 0.493 e. The van der Waals surface area contributed by atoms with E-state index in [1.54, 1.807) is 31.2 Å². The third-order valence-corrected chi connectivity index (χ3v) is 5.67. The molecule has 4 rings (SSSR count). The highest BCUT2D eigenvalue weighted by molar-refractivity contribution is 6.32. The molecule has 9 nitrogen and oxygen atoms in total. The molecule has 0 aliphatic carbocycles. The number of esters is 1. The predicted molar refractivity (Wildman–Crippen MR) is 129 cm³/mol. The summed E-state index contributed by atoms with van der Waals surface area (Å²) in [5, 5.41) is 11.5. The van der Waals surface area contributed by atoms with Crippen LogP contribution in [0.2, 0.25) is 5.02 Å². The van der Waals surface area contributed by atoms with Crippen molar-refractivity contribution in [3.63, 3.8) is 0 Å². The summed E-state index contributed by atoms with van der Waals surface area (Å²) in [4.78, 5) is 36.8. The van der Waals surface area contributed by atoms with E-state index in [0.717, 1.165) is 6.07 Å². The Balaban J connectivity index is 1.92. The molecular weight excluding hydrogens is 478 g/mol. The monoisotopic (exact) mass is 495 g/mol. The van der Waals surface area contributed by atoms with Gasteiger partial charge in [-0.3, -0.25) is 14.9 Å². The van der Waals surface area contributed by atoms with Crippen LogP contribution < -0.4 is 19.6 Å². The van der Waals surface area contributed by atoms with Crippen LogP contribution in [0.3, 0.4) is 0 Å². The fourth-order valence-corrected chi connectivity index (χ4v) is 3.62. The number of non-ortho nitro benzene ring substituents is 1. The van der Waals surface area contributed by atoms with Crippen molar-refractivity contribution in [1.29, 1.82) is 0 Å². The van der Waals surface area contributed by atoms with E-state index < -0.39 is 22.1 Å². The number of halogens is 1. The molecule has 3 aromatic carbocycles. The van der Waals surface area contributed by atoms with Crippen molar-refractivity contribution in [2.45, 2.75) is 6.92 Å². The fraction of sp³-hybridized carbons (Fsp3) is 0.120. The van der Waals surface area contributed by atoms with Crippen LogP contribution in [0, 0.1) is 17.0 Å². The molecule has 0 atom stereocenters. The summed E-state index contributed by atoms with van der Waals surface area (Å²) < 4.78 is 22.1. The van der Waals surface area contributed by atoms with E-state index in [0.29, 0.717) is 27.6 Å². The van der Waals surface area contributed by atoms with Crippen molar-refractivity contribution in [3.05, 3.63) is 91.1 Å². The van der Waals surface area contributed by atoms with Gasteiger partial charge in [-0.2, -0.15) is 0 Å². The summed E-state index contributed by atoms with van der Waals surface area (Å²) in [6.07, 6.45) is 0. The molecule has 10 heteroatoms. The number of hydrogen-bond acceptors (Lipinski definition) is 8. The molecule has 0 fully saturated rings. The molecule has 0 saturated carbocycles. The van der Waals surface area contributed by atoms with Crippen molar-refractivity contribution < 1.29 is 28.3 Å². The maximum atomic E-state index is 13.4. The van der Waals surface area contributed by atoms with Gasteiger partial charge in [0, 0.05) is 22.7 Å². The van der Waals surface area contributed by atoms with Crippen molar-refractivity contribution in [3.8, 4) is 28.6 Å². The zero-order chi connectivity index (χ0) is 25.3. The van der Waals surface area contributed by atoms with E-state index in [4.69, 9.17) is 30.2 Å². The van der Waals surface area contributed by atoms with Gasteiger partial charge in [-0.15, -0.1) is 0 Å². The van der Waals surface area contributed by atoms with Crippen LogP contribution in [0.4, 0.5) is 5.69 Å². The molecule has 4 aromatic rings. The van der Waals surface area contributed by atoms with Crippen LogP contribution in [-0.2, 0) is 0 Å². The van der Waals surface area contributed by atoms with Gasteiger partial charge >= 0.3 is 5.97 Å². The van der Waals surface area contributed by atoms with Gasteiger partial charge in [0.15, 0.2) is 17.3 Å². The van der Waals surface area contributed by atoms with Gasteiger partial charge in [-0.1, -0.05) is 17.7 Å². The Morgan fingerprint density at radius 2 is 1.77 bits per heavy atom. The van der Waals surface area contributed by atoms with Crippen molar-refractivity contribution in [1.82, 2.24) is 0 Å². The summed E-state index contributed by atoms with van der Waals surface area (Å²) in [5.74, 6) is -0.612. The maximum Gasteiger partial charge on any atom is 0.344 e. The lowest BCUT2D eigenvalue weighted by Gasteiger charge is -2.13. The summed E-state index contributed by atoms with van der Waals surface area (Å²) in [6, 6.07) is 12.8. The Bertz CT molecular complexity index is 1540. The van der Waals surface area contributed by atoms with Crippen LogP contribution in [0.5, 0.6) is 17.2 Å². The van der Waals surface area contributed by atoms with Crippen LogP contribution in [0.1, 0.15) is 15.9 Å². The minimum absolute atomic E-state index is 0.0380. The third-order valence-electron chi connectivity index (χ3n) is 5.26. The number of rotatable bonds is 6. The van der Waals surface area contributed by atoms with Gasteiger partial charge in [0.25, 0.3) is 5.69 Å². The molecule has 0 bridgehead atoms. The number of methoxy groups -OCH3 is 2. The molecule has 1 aromatic heterocycles. The van der Waals surface area contributed by atoms with Crippen molar-refractivity contribution in [2.75, 3.05) is 14.2 Å². The number of carbonyl (C=O) groups is 1. The van der Waals surface area contributed by atoms with Gasteiger partial charge < -0.3 is 18.6 Å². The number of nitrogens with zero attached hydrogens (tertiary/aromatic N) is 1. The predicted octanol–water partition coefficient (Wildman–Crippen LogP) is 5.57. The number of benzene rings is 3.